The highest BCUT2D eigenvalue weighted by Crippen LogP contribution is 2.39. The molecule has 2 heterocycles. The summed E-state index contributed by atoms with van der Waals surface area (Å²) in [5, 5.41) is 11.1. The Morgan fingerprint density at radius 1 is 1.13 bits per heavy atom. The van der Waals surface area contributed by atoms with Crippen LogP contribution in [0.15, 0.2) is 42.5 Å². The fourth-order valence-electron chi connectivity index (χ4n) is 3.71. The predicted octanol–water partition coefficient (Wildman–Crippen LogP) is 4.48. The van der Waals surface area contributed by atoms with Crippen LogP contribution in [0.3, 0.4) is 0 Å². The summed E-state index contributed by atoms with van der Waals surface area (Å²) in [6.45, 7) is 14.3. The summed E-state index contributed by atoms with van der Waals surface area (Å²) >= 11 is 0. The standard InChI is InChI=1S/C24H29N3O4/c1-7-30-17-8-9-19-20(14-17)26-25(19)27(26)21-13-16(10-11-31-23(29)15(2)3)12-18(22(21)28)24(4,5)6/h8-9,12-14,28H,2,7,10-11H2,1,3-6H3. The van der Waals surface area contributed by atoms with E-state index in [9.17, 15) is 9.90 Å². The van der Waals surface area contributed by atoms with Crippen molar-refractivity contribution in [2.75, 3.05) is 13.2 Å². The third kappa shape index (κ3) is 3.65. The number of aromatic hydroxyl groups is 1. The summed E-state index contributed by atoms with van der Waals surface area (Å²) < 4.78 is 14.9. The zero-order valence-electron chi connectivity index (χ0n) is 18.7. The molecule has 0 spiro atoms. The number of nitrogens with zero attached hydrogens (tertiary/aromatic N) is 3. The van der Waals surface area contributed by atoms with Crippen molar-refractivity contribution < 1.29 is 19.4 Å². The number of hydrogen-bond donors (Lipinski definition) is 1. The molecule has 0 amide bonds. The molecule has 0 fully saturated rings. The molecule has 0 aliphatic carbocycles. The lowest BCUT2D eigenvalue weighted by Gasteiger charge is -2.22. The van der Waals surface area contributed by atoms with Gasteiger partial charge in [-0.25, -0.2) is 4.79 Å². The van der Waals surface area contributed by atoms with Crippen LogP contribution in [0.4, 0.5) is 0 Å². The van der Waals surface area contributed by atoms with E-state index in [1.807, 2.05) is 51.3 Å². The van der Waals surface area contributed by atoms with Gasteiger partial charge in [-0.05, 0) is 43.0 Å². The zero-order valence-corrected chi connectivity index (χ0v) is 18.7. The molecule has 0 bridgehead atoms. The van der Waals surface area contributed by atoms with Crippen LogP contribution in [0.5, 0.6) is 11.5 Å². The van der Waals surface area contributed by atoms with E-state index in [-0.39, 0.29) is 17.8 Å². The molecule has 4 aromatic rings. The Morgan fingerprint density at radius 3 is 2.48 bits per heavy atom. The Hall–Kier alpha value is -3.35. The molecule has 2 aromatic carbocycles. The lowest BCUT2D eigenvalue weighted by molar-refractivity contribution is -0.138. The predicted molar refractivity (Wildman–Crippen MR) is 120 cm³/mol. The second-order valence-corrected chi connectivity index (χ2v) is 8.88. The summed E-state index contributed by atoms with van der Waals surface area (Å²) in [5.41, 5.74) is 4.75. The highest BCUT2D eigenvalue weighted by molar-refractivity contribution is 5.86. The Balaban J connectivity index is 1.71. The van der Waals surface area contributed by atoms with Gasteiger partial charge < -0.3 is 14.6 Å². The number of phenolic OH excluding ortho intramolecular Hbond substituents is 1. The third-order valence-corrected chi connectivity index (χ3v) is 5.34. The fraction of sp³-hybridized carbons (Fsp3) is 0.375. The van der Waals surface area contributed by atoms with Gasteiger partial charge in [-0.3, -0.25) is 0 Å². The molecule has 0 unspecified atom stereocenters. The largest absolute Gasteiger partial charge is 0.505 e. The number of ether oxygens (including phenoxy) is 2. The van der Waals surface area contributed by atoms with Gasteiger partial charge in [0, 0.05) is 23.6 Å². The number of carbonyl (C=O) groups is 1. The molecule has 0 aliphatic heterocycles. The van der Waals surface area contributed by atoms with Crippen LogP contribution < -0.4 is 4.74 Å². The van der Waals surface area contributed by atoms with Crippen molar-refractivity contribution in [2.24, 2.45) is 0 Å². The van der Waals surface area contributed by atoms with E-state index < -0.39 is 5.97 Å². The molecule has 4 rings (SSSR count). The maximum atomic E-state index is 11.7. The molecule has 0 radical (unpaired) electrons. The molecule has 2 aromatic heterocycles. The van der Waals surface area contributed by atoms with Crippen molar-refractivity contribution in [1.29, 1.82) is 0 Å². The minimum atomic E-state index is -0.392. The molecule has 164 valence electrons. The van der Waals surface area contributed by atoms with Gasteiger partial charge in [-0.1, -0.05) is 33.4 Å². The van der Waals surface area contributed by atoms with Gasteiger partial charge in [0.25, 0.3) is 0 Å². The first kappa shape index (κ1) is 20.9. The van der Waals surface area contributed by atoms with Crippen LogP contribution in [0.1, 0.15) is 45.7 Å². The van der Waals surface area contributed by atoms with Crippen LogP contribution in [-0.4, -0.2) is 38.3 Å². The van der Waals surface area contributed by atoms with Gasteiger partial charge >= 0.3 is 5.97 Å². The zero-order chi connectivity index (χ0) is 22.5. The van der Waals surface area contributed by atoms with Gasteiger partial charge in [-0.15, -0.1) is 14.1 Å². The lowest BCUT2D eigenvalue weighted by atomic mass is 9.84. The lowest BCUT2D eigenvalue weighted by Crippen LogP contribution is -2.14. The molecule has 0 atom stereocenters. The van der Waals surface area contributed by atoms with Crippen molar-refractivity contribution >= 4 is 17.0 Å². The second-order valence-electron chi connectivity index (χ2n) is 8.88. The van der Waals surface area contributed by atoms with Crippen molar-refractivity contribution in [3.63, 3.8) is 0 Å². The average molecular weight is 424 g/mol. The monoisotopic (exact) mass is 423 g/mol. The van der Waals surface area contributed by atoms with E-state index in [4.69, 9.17) is 9.47 Å². The first-order valence-electron chi connectivity index (χ1n) is 10.5. The first-order chi connectivity index (χ1) is 14.6. The van der Waals surface area contributed by atoms with Gasteiger partial charge in [-0.2, -0.15) is 0 Å². The number of hydrogen-bond acceptors (Lipinski definition) is 4. The second kappa shape index (κ2) is 7.41. The quantitative estimate of drug-likeness (QED) is 0.351. The summed E-state index contributed by atoms with van der Waals surface area (Å²) in [5.74, 6) is 0.678. The Morgan fingerprint density at radius 2 is 1.84 bits per heavy atom. The van der Waals surface area contributed by atoms with Crippen LogP contribution in [0, 0.1) is 0 Å². The molecular weight excluding hydrogens is 394 g/mol. The highest BCUT2D eigenvalue weighted by Gasteiger charge is 2.29. The van der Waals surface area contributed by atoms with Gasteiger partial charge in [0.15, 0.2) is 0 Å². The van der Waals surface area contributed by atoms with Crippen LogP contribution in [0.25, 0.3) is 16.7 Å². The number of fused-ring (bicyclic) bond motifs is 4. The Labute approximate surface area is 181 Å². The van der Waals surface area contributed by atoms with Crippen molar-refractivity contribution in [3.8, 4) is 17.2 Å². The van der Waals surface area contributed by atoms with E-state index >= 15 is 0 Å². The summed E-state index contributed by atoms with van der Waals surface area (Å²) in [6, 6.07) is 9.89. The van der Waals surface area contributed by atoms with E-state index in [1.54, 1.807) is 6.92 Å². The highest BCUT2D eigenvalue weighted by atomic mass is 16.5. The molecule has 0 aliphatic rings. The SMILES string of the molecule is C=C(C)C(=O)OCCc1cc(-n2n3c4ccc(OCC)cc4n23)c(O)c(C(C)(C)C)c1. The number of phenols is 1. The minimum absolute atomic E-state index is 0.250. The Kier molecular flexibility index (Phi) is 5.00. The van der Waals surface area contributed by atoms with E-state index in [2.05, 4.69) is 27.4 Å². The Bertz CT molecular complexity index is 1270. The van der Waals surface area contributed by atoms with Crippen LogP contribution in [0.2, 0.25) is 0 Å². The number of rotatable bonds is 7. The fourth-order valence-corrected chi connectivity index (χ4v) is 3.71. The molecule has 1 N–H and O–H groups in total. The number of benzene rings is 2. The average Bonchev–Trinajstić information content (AvgIpc) is 3.35. The molecule has 31 heavy (non-hydrogen) atoms. The van der Waals surface area contributed by atoms with E-state index in [0.29, 0.717) is 24.3 Å². The molecule has 7 heteroatoms. The molecule has 7 nitrogen and oxygen atoms in total. The number of aromatic nitrogens is 3. The van der Waals surface area contributed by atoms with Crippen LogP contribution >= 0.6 is 0 Å². The molecule has 0 saturated heterocycles. The molecule has 0 saturated carbocycles. The third-order valence-electron chi connectivity index (χ3n) is 5.34. The van der Waals surface area contributed by atoms with E-state index in [1.165, 1.54) is 0 Å². The smallest absolute Gasteiger partial charge is 0.333 e. The maximum Gasteiger partial charge on any atom is 0.333 e. The topological polar surface area (TPSA) is 69.5 Å². The van der Waals surface area contributed by atoms with Gasteiger partial charge in [0.2, 0.25) is 0 Å². The van der Waals surface area contributed by atoms with Crippen molar-refractivity contribution in [2.45, 2.75) is 46.5 Å². The van der Waals surface area contributed by atoms with Crippen LogP contribution in [-0.2, 0) is 21.4 Å². The summed E-state index contributed by atoms with van der Waals surface area (Å²) in [7, 11) is 0. The van der Waals surface area contributed by atoms with Crippen molar-refractivity contribution in [3.05, 3.63) is 53.6 Å². The van der Waals surface area contributed by atoms with Crippen molar-refractivity contribution in [1.82, 2.24) is 14.1 Å². The van der Waals surface area contributed by atoms with E-state index in [0.717, 1.165) is 27.9 Å². The first-order valence-corrected chi connectivity index (χ1v) is 10.5. The van der Waals surface area contributed by atoms with Gasteiger partial charge in [0.1, 0.15) is 28.2 Å². The summed E-state index contributed by atoms with van der Waals surface area (Å²) in [6.07, 6.45) is 0.546. The molecular formula is C24H29N3O4. The number of esters is 1. The summed E-state index contributed by atoms with van der Waals surface area (Å²) in [4.78, 5) is 13.6. The van der Waals surface area contributed by atoms with Gasteiger partial charge in [0.05, 0.1) is 13.2 Å². The maximum absolute atomic E-state index is 11.7. The number of carbonyl (C=O) groups excluding carboxylic acids is 1. The minimum Gasteiger partial charge on any atom is -0.505 e. The normalized spacial score (nSPS) is 12.2.